The van der Waals surface area contributed by atoms with E-state index in [2.05, 4.69) is 5.32 Å². The van der Waals surface area contributed by atoms with Crippen LogP contribution in [0.3, 0.4) is 0 Å². The van der Waals surface area contributed by atoms with E-state index in [1.54, 1.807) is 12.1 Å². The predicted molar refractivity (Wildman–Crippen MR) is 79.9 cm³/mol. The SMILES string of the molecule is Cc1ccc(C(=O)Nc2ccc(F)cc2I)c(O)c1. The zero-order valence-corrected chi connectivity index (χ0v) is 12.2. The maximum atomic E-state index is 13.0. The van der Waals surface area contributed by atoms with Crippen LogP contribution in [0, 0.1) is 16.3 Å². The van der Waals surface area contributed by atoms with Gasteiger partial charge in [-0.25, -0.2) is 4.39 Å². The summed E-state index contributed by atoms with van der Waals surface area (Å²) in [6.07, 6.45) is 0. The number of benzene rings is 2. The molecule has 0 saturated heterocycles. The van der Waals surface area contributed by atoms with Crippen molar-refractivity contribution in [2.75, 3.05) is 5.32 Å². The molecule has 0 radical (unpaired) electrons. The summed E-state index contributed by atoms with van der Waals surface area (Å²) in [5, 5.41) is 12.4. The highest BCUT2D eigenvalue weighted by Crippen LogP contribution is 2.23. The molecule has 0 aliphatic heterocycles. The number of amides is 1. The quantitative estimate of drug-likeness (QED) is 0.792. The molecule has 2 N–H and O–H groups in total. The van der Waals surface area contributed by atoms with Gasteiger partial charge in [0.05, 0.1) is 11.3 Å². The maximum Gasteiger partial charge on any atom is 0.259 e. The van der Waals surface area contributed by atoms with Gasteiger partial charge < -0.3 is 10.4 Å². The molecule has 0 spiro atoms. The number of aryl methyl sites for hydroxylation is 1. The van der Waals surface area contributed by atoms with Gasteiger partial charge in [-0.05, 0) is 65.4 Å². The van der Waals surface area contributed by atoms with E-state index < -0.39 is 5.91 Å². The van der Waals surface area contributed by atoms with E-state index in [0.717, 1.165) is 5.56 Å². The van der Waals surface area contributed by atoms with Gasteiger partial charge in [0.25, 0.3) is 5.91 Å². The molecule has 2 aromatic rings. The van der Waals surface area contributed by atoms with Gasteiger partial charge in [-0.15, -0.1) is 0 Å². The minimum absolute atomic E-state index is 0.0744. The molecular formula is C14H11FINO2. The normalized spacial score (nSPS) is 10.3. The van der Waals surface area contributed by atoms with Gasteiger partial charge in [-0.2, -0.15) is 0 Å². The summed E-state index contributed by atoms with van der Waals surface area (Å²) in [6.45, 7) is 1.82. The maximum absolute atomic E-state index is 13.0. The van der Waals surface area contributed by atoms with Crippen LogP contribution < -0.4 is 5.32 Å². The zero-order valence-electron chi connectivity index (χ0n) is 10.1. The van der Waals surface area contributed by atoms with Gasteiger partial charge in [0.1, 0.15) is 11.6 Å². The second-order valence-corrected chi connectivity index (χ2v) is 5.26. The highest BCUT2D eigenvalue weighted by Gasteiger charge is 2.12. The molecule has 19 heavy (non-hydrogen) atoms. The largest absolute Gasteiger partial charge is 0.507 e. The van der Waals surface area contributed by atoms with Gasteiger partial charge in [0, 0.05) is 3.57 Å². The van der Waals surface area contributed by atoms with Crippen LogP contribution in [0.25, 0.3) is 0 Å². The number of carbonyl (C=O) groups excluding carboxylic acids is 1. The molecule has 2 rings (SSSR count). The molecule has 1 amide bonds. The van der Waals surface area contributed by atoms with E-state index in [9.17, 15) is 14.3 Å². The van der Waals surface area contributed by atoms with Gasteiger partial charge >= 0.3 is 0 Å². The van der Waals surface area contributed by atoms with E-state index in [-0.39, 0.29) is 17.1 Å². The van der Waals surface area contributed by atoms with Gasteiger partial charge in [-0.1, -0.05) is 6.07 Å². The van der Waals surface area contributed by atoms with Crippen molar-refractivity contribution in [2.45, 2.75) is 6.92 Å². The fraction of sp³-hybridized carbons (Fsp3) is 0.0714. The number of anilines is 1. The first-order valence-electron chi connectivity index (χ1n) is 5.53. The summed E-state index contributed by atoms with van der Waals surface area (Å²) in [7, 11) is 0. The van der Waals surface area contributed by atoms with Crippen LogP contribution in [0.4, 0.5) is 10.1 Å². The Hall–Kier alpha value is -1.63. The monoisotopic (exact) mass is 371 g/mol. The van der Waals surface area contributed by atoms with Crippen LogP contribution in [0.15, 0.2) is 36.4 Å². The number of hydrogen-bond acceptors (Lipinski definition) is 2. The van der Waals surface area contributed by atoms with E-state index in [4.69, 9.17) is 0 Å². The summed E-state index contributed by atoms with van der Waals surface area (Å²) in [4.78, 5) is 12.0. The summed E-state index contributed by atoms with van der Waals surface area (Å²) in [5.41, 5.74) is 1.56. The topological polar surface area (TPSA) is 49.3 Å². The van der Waals surface area contributed by atoms with Crippen molar-refractivity contribution in [3.05, 3.63) is 56.9 Å². The average molecular weight is 371 g/mol. The molecule has 0 atom stereocenters. The minimum atomic E-state index is -0.429. The lowest BCUT2D eigenvalue weighted by Gasteiger charge is -2.09. The molecule has 0 aliphatic carbocycles. The number of phenolic OH excluding ortho intramolecular Hbond substituents is 1. The molecule has 3 nitrogen and oxygen atoms in total. The van der Waals surface area contributed by atoms with Gasteiger partial charge in [-0.3, -0.25) is 4.79 Å². The Balaban J connectivity index is 2.25. The molecule has 2 aromatic carbocycles. The number of carbonyl (C=O) groups is 1. The summed E-state index contributed by atoms with van der Waals surface area (Å²) in [5.74, 6) is -0.864. The molecule has 0 aromatic heterocycles. The fourth-order valence-corrected chi connectivity index (χ4v) is 2.23. The summed E-state index contributed by atoms with van der Waals surface area (Å²) in [6, 6.07) is 8.89. The van der Waals surface area contributed by atoms with Crippen LogP contribution in [-0.4, -0.2) is 11.0 Å². The van der Waals surface area contributed by atoms with Gasteiger partial charge in [0.15, 0.2) is 0 Å². The number of phenols is 1. The van der Waals surface area contributed by atoms with Crippen LogP contribution >= 0.6 is 22.6 Å². The first-order valence-corrected chi connectivity index (χ1v) is 6.61. The first-order chi connectivity index (χ1) is 8.97. The Labute approximate surface area is 123 Å². The van der Waals surface area contributed by atoms with Crippen LogP contribution in [0.1, 0.15) is 15.9 Å². The molecule has 0 saturated carbocycles. The predicted octanol–water partition coefficient (Wildman–Crippen LogP) is 3.70. The minimum Gasteiger partial charge on any atom is -0.507 e. The van der Waals surface area contributed by atoms with E-state index in [0.29, 0.717) is 9.26 Å². The first kappa shape index (κ1) is 13.8. The third-order valence-electron chi connectivity index (χ3n) is 2.58. The highest BCUT2D eigenvalue weighted by atomic mass is 127. The second kappa shape index (κ2) is 5.56. The van der Waals surface area contributed by atoms with E-state index >= 15 is 0 Å². The molecule has 0 unspecified atom stereocenters. The summed E-state index contributed by atoms with van der Waals surface area (Å²) >= 11 is 1.94. The number of halogens is 2. The standard InChI is InChI=1S/C14H11FINO2/c1-8-2-4-10(13(18)6-8)14(19)17-12-5-3-9(15)7-11(12)16/h2-7,18H,1H3,(H,17,19). The Morgan fingerprint density at radius 2 is 2.00 bits per heavy atom. The molecule has 0 aliphatic rings. The fourth-order valence-electron chi connectivity index (χ4n) is 1.61. The smallest absolute Gasteiger partial charge is 0.259 e. The molecule has 0 fully saturated rings. The second-order valence-electron chi connectivity index (χ2n) is 4.10. The Bertz CT molecular complexity index is 643. The Morgan fingerprint density at radius 3 is 2.63 bits per heavy atom. The third kappa shape index (κ3) is 3.23. The van der Waals surface area contributed by atoms with E-state index in [1.165, 1.54) is 24.3 Å². The lowest BCUT2D eigenvalue weighted by molar-refractivity contribution is 0.102. The van der Waals surface area contributed by atoms with Crippen molar-refractivity contribution in [3.63, 3.8) is 0 Å². The molecule has 0 bridgehead atoms. The third-order valence-corrected chi connectivity index (χ3v) is 3.47. The Morgan fingerprint density at radius 1 is 1.26 bits per heavy atom. The number of aromatic hydroxyl groups is 1. The van der Waals surface area contributed by atoms with Crippen molar-refractivity contribution in [1.82, 2.24) is 0 Å². The average Bonchev–Trinajstić information content (AvgIpc) is 2.32. The number of rotatable bonds is 2. The molecule has 98 valence electrons. The number of hydrogen-bond donors (Lipinski definition) is 2. The molecule has 5 heteroatoms. The summed E-state index contributed by atoms with van der Waals surface area (Å²) < 4.78 is 13.6. The van der Waals surface area contributed by atoms with Crippen molar-refractivity contribution in [1.29, 1.82) is 0 Å². The number of nitrogens with one attached hydrogen (secondary N) is 1. The van der Waals surface area contributed by atoms with Crippen LogP contribution in [0.5, 0.6) is 5.75 Å². The zero-order chi connectivity index (χ0) is 14.0. The Kier molecular flexibility index (Phi) is 4.04. The van der Waals surface area contributed by atoms with Crippen LogP contribution in [0.2, 0.25) is 0 Å². The van der Waals surface area contributed by atoms with Crippen molar-refractivity contribution in [3.8, 4) is 5.75 Å². The molecular weight excluding hydrogens is 360 g/mol. The van der Waals surface area contributed by atoms with E-state index in [1.807, 2.05) is 29.5 Å². The van der Waals surface area contributed by atoms with Crippen molar-refractivity contribution in [2.24, 2.45) is 0 Å². The highest BCUT2D eigenvalue weighted by molar-refractivity contribution is 14.1. The molecule has 0 heterocycles. The van der Waals surface area contributed by atoms with Crippen molar-refractivity contribution < 1.29 is 14.3 Å². The van der Waals surface area contributed by atoms with Crippen molar-refractivity contribution >= 4 is 34.2 Å². The lowest BCUT2D eigenvalue weighted by Crippen LogP contribution is -2.13. The lowest BCUT2D eigenvalue weighted by atomic mass is 10.1. The van der Waals surface area contributed by atoms with Crippen LogP contribution in [-0.2, 0) is 0 Å². The van der Waals surface area contributed by atoms with Gasteiger partial charge in [0.2, 0.25) is 0 Å².